The van der Waals surface area contributed by atoms with Crippen LogP contribution in [-0.2, 0) is 4.79 Å². The van der Waals surface area contributed by atoms with E-state index in [1.165, 1.54) is 11.8 Å². The SMILES string of the molecule is CCOc1ccc(-n2c(SCC(=O)Nc3ccc4c(c3)OCCO4)nnc2-c2ccccc2)cc1. The van der Waals surface area contributed by atoms with Crippen LogP contribution in [0.4, 0.5) is 5.69 Å². The highest BCUT2D eigenvalue weighted by atomic mass is 32.2. The van der Waals surface area contributed by atoms with Gasteiger partial charge in [0, 0.05) is 23.0 Å². The first-order chi connectivity index (χ1) is 17.2. The summed E-state index contributed by atoms with van der Waals surface area (Å²) in [6.07, 6.45) is 0. The minimum Gasteiger partial charge on any atom is -0.494 e. The number of thioether (sulfide) groups is 1. The van der Waals surface area contributed by atoms with Gasteiger partial charge in [0.2, 0.25) is 5.91 Å². The second-order valence-corrected chi connectivity index (χ2v) is 8.57. The van der Waals surface area contributed by atoms with Gasteiger partial charge in [0.1, 0.15) is 19.0 Å². The van der Waals surface area contributed by atoms with E-state index in [2.05, 4.69) is 15.5 Å². The summed E-state index contributed by atoms with van der Waals surface area (Å²) < 4.78 is 18.7. The molecule has 0 atom stereocenters. The van der Waals surface area contributed by atoms with Crippen LogP contribution in [0.15, 0.2) is 78.0 Å². The third kappa shape index (κ3) is 5.25. The highest BCUT2D eigenvalue weighted by Gasteiger charge is 2.18. The minimum absolute atomic E-state index is 0.158. The van der Waals surface area contributed by atoms with Crippen molar-refractivity contribution in [2.75, 3.05) is 30.9 Å². The van der Waals surface area contributed by atoms with Crippen molar-refractivity contribution in [1.29, 1.82) is 0 Å². The number of carbonyl (C=O) groups is 1. The first kappa shape index (κ1) is 22.8. The highest BCUT2D eigenvalue weighted by molar-refractivity contribution is 7.99. The molecule has 1 aromatic heterocycles. The predicted octanol–water partition coefficient (Wildman–Crippen LogP) is 4.84. The molecule has 0 spiro atoms. The number of aromatic nitrogens is 3. The Morgan fingerprint density at radius 1 is 1.00 bits per heavy atom. The van der Waals surface area contributed by atoms with Crippen molar-refractivity contribution in [1.82, 2.24) is 14.8 Å². The van der Waals surface area contributed by atoms with Crippen LogP contribution >= 0.6 is 11.8 Å². The highest BCUT2D eigenvalue weighted by Crippen LogP contribution is 2.33. The van der Waals surface area contributed by atoms with E-state index in [4.69, 9.17) is 14.2 Å². The van der Waals surface area contributed by atoms with Crippen molar-refractivity contribution in [3.8, 4) is 34.3 Å². The fourth-order valence-electron chi connectivity index (χ4n) is 3.68. The number of amides is 1. The largest absolute Gasteiger partial charge is 0.494 e. The van der Waals surface area contributed by atoms with Crippen molar-refractivity contribution >= 4 is 23.4 Å². The molecule has 1 amide bonds. The van der Waals surface area contributed by atoms with E-state index in [-0.39, 0.29) is 11.7 Å². The number of fused-ring (bicyclic) bond motifs is 1. The van der Waals surface area contributed by atoms with Crippen LogP contribution in [0.3, 0.4) is 0 Å². The summed E-state index contributed by atoms with van der Waals surface area (Å²) in [4.78, 5) is 12.7. The average Bonchev–Trinajstić information content (AvgIpc) is 3.32. The lowest BCUT2D eigenvalue weighted by Gasteiger charge is -2.19. The van der Waals surface area contributed by atoms with Crippen LogP contribution in [0.5, 0.6) is 17.2 Å². The molecule has 5 rings (SSSR count). The Morgan fingerprint density at radius 2 is 1.77 bits per heavy atom. The van der Waals surface area contributed by atoms with Gasteiger partial charge in [0.25, 0.3) is 0 Å². The maximum absolute atomic E-state index is 12.7. The molecule has 1 N–H and O–H groups in total. The topological polar surface area (TPSA) is 87.5 Å². The molecule has 8 nitrogen and oxygen atoms in total. The van der Waals surface area contributed by atoms with Gasteiger partial charge in [0.05, 0.1) is 12.4 Å². The van der Waals surface area contributed by atoms with E-state index in [1.54, 1.807) is 18.2 Å². The number of nitrogens with one attached hydrogen (secondary N) is 1. The first-order valence-electron chi connectivity index (χ1n) is 11.3. The molecular weight excluding hydrogens is 464 g/mol. The van der Waals surface area contributed by atoms with Gasteiger partial charge in [-0.05, 0) is 43.3 Å². The van der Waals surface area contributed by atoms with Gasteiger partial charge in [-0.2, -0.15) is 0 Å². The molecule has 4 aromatic rings. The minimum atomic E-state index is -0.158. The standard InChI is InChI=1S/C26H24N4O4S/c1-2-32-21-11-9-20(10-12-21)30-25(18-6-4-3-5-7-18)28-29-26(30)35-17-24(31)27-19-8-13-22-23(16-19)34-15-14-33-22/h3-13,16H,2,14-15,17H2,1H3,(H,27,31). The summed E-state index contributed by atoms with van der Waals surface area (Å²) in [5.74, 6) is 2.81. The van der Waals surface area contributed by atoms with Gasteiger partial charge >= 0.3 is 0 Å². The Balaban J connectivity index is 1.35. The molecule has 0 bridgehead atoms. The fourth-order valence-corrected chi connectivity index (χ4v) is 4.43. The smallest absolute Gasteiger partial charge is 0.234 e. The average molecular weight is 489 g/mol. The Bertz CT molecular complexity index is 1310. The maximum atomic E-state index is 12.7. The Labute approximate surface area is 207 Å². The molecule has 178 valence electrons. The van der Waals surface area contributed by atoms with Gasteiger partial charge in [-0.3, -0.25) is 9.36 Å². The van der Waals surface area contributed by atoms with Crippen molar-refractivity contribution in [2.45, 2.75) is 12.1 Å². The zero-order valence-corrected chi connectivity index (χ0v) is 20.0. The molecule has 1 aliphatic heterocycles. The van der Waals surface area contributed by atoms with Gasteiger partial charge in [0.15, 0.2) is 22.5 Å². The molecular formula is C26H24N4O4S. The molecule has 0 radical (unpaired) electrons. The Morgan fingerprint density at radius 3 is 2.54 bits per heavy atom. The number of rotatable bonds is 8. The van der Waals surface area contributed by atoms with Crippen LogP contribution in [0.25, 0.3) is 17.1 Å². The molecule has 9 heteroatoms. The number of ether oxygens (including phenoxy) is 3. The summed E-state index contributed by atoms with van der Waals surface area (Å²) >= 11 is 1.32. The number of hydrogen-bond acceptors (Lipinski definition) is 7. The predicted molar refractivity (Wildman–Crippen MR) is 135 cm³/mol. The number of anilines is 1. The van der Waals surface area contributed by atoms with E-state index < -0.39 is 0 Å². The summed E-state index contributed by atoms with van der Waals surface area (Å²) in [5.41, 5.74) is 2.46. The van der Waals surface area contributed by atoms with Crippen LogP contribution in [-0.4, -0.2) is 46.2 Å². The van der Waals surface area contributed by atoms with Crippen molar-refractivity contribution in [2.24, 2.45) is 0 Å². The van der Waals surface area contributed by atoms with Gasteiger partial charge in [-0.25, -0.2) is 0 Å². The Kier molecular flexibility index (Phi) is 6.85. The quantitative estimate of drug-likeness (QED) is 0.355. The summed E-state index contributed by atoms with van der Waals surface area (Å²) in [7, 11) is 0. The summed E-state index contributed by atoms with van der Waals surface area (Å²) in [6.45, 7) is 3.56. The van der Waals surface area contributed by atoms with E-state index in [0.717, 1.165) is 17.0 Å². The van der Waals surface area contributed by atoms with Crippen LogP contribution < -0.4 is 19.5 Å². The van der Waals surface area contributed by atoms with Crippen LogP contribution in [0.2, 0.25) is 0 Å². The third-order valence-corrected chi connectivity index (χ3v) is 6.16. The van der Waals surface area contributed by atoms with Crippen LogP contribution in [0, 0.1) is 0 Å². The van der Waals surface area contributed by atoms with Crippen molar-refractivity contribution in [3.05, 3.63) is 72.8 Å². The summed E-state index contributed by atoms with van der Waals surface area (Å²) in [5, 5.41) is 12.4. The van der Waals surface area contributed by atoms with Crippen molar-refractivity contribution < 1.29 is 19.0 Å². The van der Waals surface area contributed by atoms with Gasteiger partial charge in [-0.1, -0.05) is 42.1 Å². The molecule has 0 fully saturated rings. The summed E-state index contributed by atoms with van der Waals surface area (Å²) in [6, 6.07) is 23.0. The third-order valence-electron chi connectivity index (χ3n) is 5.23. The van der Waals surface area contributed by atoms with E-state index in [0.29, 0.717) is 48.0 Å². The van der Waals surface area contributed by atoms with E-state index in [9.17, 15) is 4.79 Å². The normalized spacial score (nSPS) is 12.3. The Hall–Kier alpha value is -3.98. The molecule has 2 heterocycles. The lowest BCUT2D eigenvalue weighted by molar-refractivity contribution is -0.113. The second kappa shape index (κ2) is 10.5. The van der Waals surface area contributed by atoms with Gasteiger partial charge in [-0.15, -0.1) is 10.2 Å². The van der Waals surface area contributed by atoms with Crippen molar-refractivity contribution in [3.63, 3.8) is 0 Å². The first-order valence-corrected chi connectivity index (χ1v) is 12.3. The number of hydrogen-bond donors (Lipinski definition) is 1. The van der Waals surface area contributed by atoms with Crippen LogP contribution in [0.1, 0.15) is 6.92 Å². The maximum Gasteiger partial charge on any atom is 0.234 e. The number of carbonyl (C=O) groups excluding carboxylic acids is 1. The molecule has 0 unspecified atom stereocenters. The van der Waals surface area contributed by atoms with E-state index in [1.807, 2.05) is 66.1 Å². The molecule has 0 saturated carbocycles. The molecule has 0 aliphatic carbocycles. The number of nitrogens with zero attached hydrogens (tertiary/aromatic N) is 3. The molecule has 1 aliphatic rings. The monoisotopic (exact) mass is 488 g/mol. The second-order valence-electron chi connectivity index (χ2n) is 7.63. The lowest BCUT2D eigenvalue weighted by atomic mass is 10.2. The molecule has 0 saturated heterocycles. The fraction of sp³-hybridized carbons (Fsp3) is 0.192. The molecule has 35 heavy (non-hydrogen) atoms. The molecule has 3 aromatic carbocycles. The zero-order chi connectivity index (χ0) is 24.0. The lowest BCUT2D eigenvalue weighted by Crippen LogP contribution is -2.17. The van der Waals surface area contributed by atoms with Gasteiger partial charge < -0.3 is 19.5 Å². The zero-order valence-electron chi connectivity index (χ0n) is 19.1. The number of benzene rings is 3. The van der Waals surface area contributed by atoms with E-state index >= 15 is 0 Å².